The minimum atomic E-state index is -2.38. The van der Waals surface area contributed by atoms with Gasteiger partial charge in [-0.15, -0.1) is 0 Å². The van der Waals surface area contributed by atoms with E-state index >= 15 is 0 Å². The zero-order valence-corrected chi connectivity index (χ0v) is 61.4. The number of carbonyl (C=O) groups excluding carboxylic acids is 2. The minimum Gasteiger partial charge on any atom is -0.479 e. The maximum absolute atomic E-state index is 14.3. The first-order valence-corrected chi connectivity index (χ1v) is 37.0. The predicted octanol–water partition coefficient (Wildman–Crippen LogP) is -1.34. The highest BCUT2D eigenvalue weighted by atomic mass is 16.8. The van der Waals surface area contributed by atoms with E-state index in [0.29, 0.717) is 49.7 Å². The number of benzene rings is 1. The number of carboxylic acids is 1. The van der Waals surface area contributed by atoms with Crippen LogP contribution in [0.25, 0.3) is 6.08 Å². The van der Waals surface area contributed by atoms with Crippen molar-refractivity contribution in [1.29, 1.82) is 0 Å². The Balaban J connectivity index is 0.856. The van der Waals surface area contributed by atoms with Crippen molar-refractivity contribution in [2.24, 2.45) is 50.2 Å². The van der Waals surface area contributed by atoms with Crippen LogP contribution in [0.15, 0.2) is 48.1 Å². The summed E-state index contributed by atoms with van der Waals surface area (Å²) in [5.74, 6) is -4.20. The van der Waals surface area contributed by atoms with Crippen LogP contribution >= 0.6 is 0 Å². The first-order chi connectivity index (χ1) is 49.7. The van der Waals surface area contributed by atoms with Gasteiger partial charge in [0, 0.05) is 28.4 Å². The van der Waals surface area contributed by atoms with Crippen LogP contribution < -0.4 is 0 Å². The van der Waals surface area contributed by atoms with Crippen molar-refractivity contribution in [3.05, 3.63) is 53.6 Å². The smallest absolute Gasteiger partial charge is 0.335 e. The number of fused-ring (bicyclic) bond motifs is 4. The Hall–Kier alpha value is -3.93. The standard InChI is InChI=1S/C74H110O32/c1-12-30(2)61(92)105-58-59(99-41(78)19-18-33-16-14-13-15-17-33)74-38(26-68(58,5)6)73(106-67(74)93)25-21-37-70(9)23-22-40(69(7,8)36(70)20-24-71(37,10)72(73,11)27-39(74)77)98-66-57(104-63-51(88)47(84)44(81)34(28-75)96-63)53(52(89)54(101-66)60(90)91)100-65-56(49(86)45(82)35(29-76)97-65)103-64-55(48(85)43(80)32(4)95-64)102-62-50(87)46(83)42(79)31(3)94-62/h12-19,31-32,34-40,42-59,62-67,75-77,79-89,93H,20-29H2,1-11H3,(H,90,91)/t31-,32-,34?,35?,36?,37?,38?,39+,40-,42-,43?,44+,45-,46?,47?,48-,49?,50-,51-,52-,53?,54?,55?,56-,57-,58-,59-,62?,63-,64?,65-,66+,67-,70-,71+,72-,73-,74+/m0/s1. The second-order valence-corrected chi connectivity index (χ2v) is 33.6. The van der Waals surface area contributed by atoms with Crippen LogP contribution in [0, 0.1) is 50.2 Å². The molecule has 0 aromatic heterocycles. The van der Waals surface area contributed by atoms with Gasteiger partial charge >= 0.3 is 17.9 Å². The molecule has 6 heterocycles. The van der Waals surface area contributed by atoms with Gasteiger partial charge in [-0.3, -0.25) is 0 Å². The molecule has 32 heteroatoms. The lowest BCUT2D eigenvalue weighted by atomic mass is 9.30. The summed E-state index contributed by atoms with van der Waals surface area (Å²) < 4.78 is 82.1. The van der Waals surface area contributed by atoms with Gasteiger partial charge in [-0.1, -0.05) is 84.9 Å². The van der Waals surface area contributed by atoms with E-state index in [1.807, 2.05) is 58.0 Å². The molecular formula is C74H110O32. The van der Waals surface area contributed by atoms with Crippen molar-refractivity contribution >= 4 is 24.0 Å². The maximum Gasteiger partial charge on any atom is 0.335 e. The van der Waals surface area contributed by atoms with Gasteiger partial charge in [0.15, 0.2) is 49.9 Å². The van der Waals surface area contributed by atoms with E-state index in [9.17, 15) is 96.1 Å². The van der Waals surface area contributed by atoms with Gasteiger partial charge in [0.25, 0.3) is 0 Å². The maximum atomic E-state index is 14.3. The molecule has 0 amide bonds. The Labute approximate surface area is 613 Å². The molecule has 6 saturated heterocycles. The van der Waals surface area contributed by atoms with Gasteiger partial charge in [0.1, 0.15) is 110 Å². The monoisotopic (exact) mass is 1510 g/mol. The highest BCUT2D eigenvalue weighted by Gasteiger charge is 2.86. The third-order valence-corrected chi connectivity index (χ3v) is 27.3. The van der Waals surface area contributed by atoms with Crippen molar-refractivity contribution in [3.63, 3.8) is 0 Å². The zero-order valence-electron chi connectivity index (χ0n) is 61.4. The van der Waals surface area contributed by atoms with Crippen LogP contribution in [0.3, 0.4) is 0 Å². The minimum absolute atomic E-state index is 0.0915. The van der Waals surface area contributed by atoms with Gasteiger partial charge in [0.05, 0.1) is 48.6 Å². The SMILES string of the molecule is CC=C(C)C(=O)O[C@H]1[C@H](OC(=O)C=Cc2ccccc2)[C@@]23C(CC1(C)C)[C@]1(CCC4[C@@]5(C)CC[C@H](O[C@@H]6OC(C(=O)O)[C@@H](O)C(O[C@@H]7OC(CO)[C@H](O)C(O)[C@@H]7OC7O[C@@H](C)C(O)[C@H](O)C7OC7O[C@@H](C)[C@H](O)C(O)[C@@H]7O)[C@@H]6O[C@@H]6OC(CO)[C@@H](O)C(O)[C@@H]6O)C(C)(C)C5CC[C@@]4(C)[C@]1(C)C[C@H]2O)O[C@@H]3O. The largest absolute Gasteiger partial charge is 0.479 e. The number of allylic oxidation sites excluding steroid dienone is 1. The summed E-state index contributed by atoms with van der Waals surface area (Å²) in [6.07, 6.45) is -47.3. The number of rotatable bonds is 18. The number of hydrogen-bond donors (Lipinski definition) is 16. The van der Waals surface area contributed by atoms with E-state index in [2.05, 4.69) is 20.8 Å². The summed E-state index contributed by atoms with van der Waals surface area (Å²) in [4.78, 5) is 41.7. The lowest BCUT2D eigenvalue weighted by Crippen LogP contribution is -2.77. The Kier molecular flexibility index (Phi) is 23.2. The molecule has 6 aliphatic heterocycles. The molecule has 2 bridgehead atoms. The Bertz CT molecular complexity index is 3340. The molecule has 598 valence electrons. The van der Waals surface area contributed by atoms with Crippen molar-refractivity contribution in [3.8, 4) is 0 Å². The first-order valence-electron chi connectivity index (χ1n) is 37.0. The number of esters is 2. The fraction of sp³-hybridized carbons (Fsp3) is 0.824. The number of aliphatic hydroxyl groups excluding tert-OH is 15. The molecule has 0 radical (unpaired) electrons. The summed E-state index contributed by atoms with van der Waals surface area (Å²) in [7, 11) is 0. The summed E-state index contributed by atoms with van der Waals surface area (Å²) in [5, 5.41) is 182. The van der Waals surface area contributed by atoms with E-state index in [0.717, 1.165) is 0 Å². The van der Waals surface area contributed by atoms with E-state index in [-0.39, 0.29) is 24.7 Å². The van der Waals surface area contributed by atoms with Gasteiger partial charge in [0.2, 0.25) is 0 Å². The lowest BCUT2D eigenvalue weighted by Gasteiger charge is -2.75. The molecule has 106 heavy (non-hydrogen) atoms. The van der Waals surface area contributed by atoms with Gasteiger partial charge in [-0.05, 0) is 119 Å². The van der Waals surface area contributed by atoms with E-state index in [1.165, 1.54) is 19.9 Å². The van der Waals surface area contributed by atoms with E-state index in [1.54, 1.807) is 26.0 Å². The third kappa shape index (κ3) is 13.3. The van der Waals surface area contributed by atoms with Crippen molar-refractivity contribution in [2.45, 2.75) is 317 Å². The summed E-state index contributed by atoms with van der Waals surface area (Å²) in [6.45, 7) is 18.5. The van der Waals surface area contributed by atoms with Gasteiger partial charge in [-0.25, -0.2) is 14.4 Å². The quantitative estimate of drug-likeness (QED) is 0.0460. The predicted molar refractivity (Wildman–Crippen MR) is 359 cm³/mol. The Morgan fingerprint density at radius 2 is 1.07 bits per heavy atom. The molecule has 12 rings (SSSR count). The number of carbonyl (C=O) groups is 3. The fourth-order valence-electron chi connectivity index (χ4n) is 21.2. The Morgan fingerprint density at radius 3 is 1.69 bits per heavy atom. The molecule has 1 aromatic carbocycles. The number of aliphatic carboxylic acids is 1. The number of hydrogen-bond acceptors (Lipinski definition) is 31. The second kappa shape index (κ2) is 30.2. The molecule has 16 N–H and O–H groups in total. The highest BCUT2D eigenvalue weighted by molar-refractivity contribution is 5.88. The average molecular weight is 1510 g/mol. The van der Waals surface area contributed by atoms with Crippen LogP contribution in [-0.2, 0) is 76.0 Å². The zero-order chi connectivity index (χ0) is 77.4. The van der Waals surface area contributed by atoms with Crippen molar-refractivity contribution < 1.29 is 158 Å². The number of ether oxygens (including phenoxy) is 13. The van der Waals surface area contributed by atoms with Crippen LogP contribution in [0.4, 0.5) is 0 Å². The van der Waals surface area contributed by atoms with E-state index < -0.39 is 259 Å². The molecule has 14 unspecified atom stereocenters. The number of carboxylic acid groups (broad SMARTS) is 1. The van der Waals surface area contributed by atoms with Crippen molar-refractivity contribution in [1.82, 2.24) is 0 Å². The molecule has 38 atom stereocenters. The van der Waals surface area contributed by atoms with E-state index in [4.69, 9.17) is 61.6 Å². The molecule has 32 nitrogen and oxygen atoms in total. The van der Waals surface area contributed by atoms with Gasteiger partial charge < -0.3 is 143 Å². The van der Waals surface area contributed by atoms with Crippen LogP contribution in [-0.4, -0.2) is 303 Å². The average Bonchev–Trinajstić information content (AvgIpc) is 1.39. The molecule has 1 spiro atoms. The topological polar surface area (TPSA) is 495 Å². The third-order valence-electron chi connectivity index (χ3n) is 27.3. The molecule has 5 saturated carbocycles. The summed E-state index contributed by atoms with van der Waals surface area (Å²) in [6, 6.07) is 9.10. The molecule has 11 aliphatic rings. The molecule has 1 aromatic rings. The lowest BCUT2D eigenvalue weighted by molar-refractivity contribution is -0.412. The fourth-order valence-corrected chi connectivity index (χ4v) is 21.2. The number of aliphatic hydroxyl groups is 15. The second-order valence-electron chi connectivity index (χ2n) is 33.6. The summed E-state index contributed by atoms with van der Waals surface area (Å²) in [5.41, 5.74) is -5.73. The molecule has 11 fully saturated rings. The summed E-state index contributed by atoms with van der Waals surface area (Å²) >= 11 is 0. The normalized spacial score (nSPS) is 51.3. The van der Waals surface area contributed by atoms with Crippen LogP contribution in [0.5, 0.6) is 0 Å². The highest BCUT2D eigenvalue weighted by Crippen LogP contribution is 2.82. The molecule has 5 aliphatic carbocycles. The van der Waals surface area contributed by atoms with Gasteiger partial charge in [-0.2, -0.15) is 0 Å². The Morgan fingerprint density at radius 1 is 0.538 bits per heavy atom. The first kappa shape index (κ1) is 81.6. The van der Waals surface area contributed by atoms with Crippen molar-refractivity contribution in [2.75, 3.05) is 13.2 Å². The van der Waals surface area contributed by atoms with Crippen LogP contribution in [0.1, 0.15) is 133 Å². The van der Waals surface area contributed by atoms with Crippen LogP contribution in [0.2, 0.25) is 0 Å². The molecular weight excluding hydrogens is 1400 g/mol.